The van der Waals surface area contributed by atoms with Crippen molar-refractivity contribution in [2.24, 2.45) is 11.3 Å². The van der Waals surface area contributed by atoms with Crippen LogP contribution in [-0.4, -0.2) is 49.9 Å². The number of benzene rings is 1. The second-order valence-electron chi connectivity index (χ2n) is 6.94. The van der Waals surface area contributed by atoms with Crippen molar-refractivity contribution in [3.8, 4) is 0 Å². The Bertz CT molecular complexity index is 801. The highest BCUT2D eigenvalue weighted by Crippen LogP contribution is 2.59. The number of rotatable bonds is 6. The van der Waals surface area contributed by atoms with E-state index < -0.39 is 21.8 Å². The Balaban J connectivity index is 1.45. The predicted molar refractivity (Wildman–Crippen MR) is 90.2 cm³/mol. The van der Waals surface area contributed by atoms with Gasteiger partial charge in [0.1, 0.15) is 5.82 Å². The molecule has 1 aliphatic heterocycles. The molecule has 142 valence electrons. The summed E-state index contributed by atoms with van der Waals surface area (Å²) in [7, 11) is -3.78. The first-order valence-corrected chi connectivity index (χ1v) is 9.98. The van der Waals surface area contributed by atoms with E-state index >= 15 is 0 Å². The summed E-state index contributed by atoms with van der Waals surface area (Å²) >= 11 is 0. The molecule has 2 fully saturated rings. The van der Waals surface area contributed by atoms with Gasteiger partial charge in [-0.2, -0.15) is 0 Å². The molecule has 1 amide bonds. The van der Waals surface area contributed by atoms with E-state index in [0.717, 1.165) is 24.3 Å². The van der Waals surface area contributed by atoms with Crippen molar-refractivity contribution in [2.45, 2.75) is 30.6 Å². The molecule has 0 radical (unpaired) electrons. The number of amides is 1. The number of carbonyl (C=O) groups is 2. The predicted octanol–water partition coefficient (Wildman–Crippen LogP) is 1.21. The first kappa shape index (κ1) is 18.8. The molecule has 2 N–H and O–H groups in total. The van der Waals surface area contributed by atoms with E-state index in [9.17, 15) is 22.4 Å². The highest BCUT2D eigenvalue weighted by Gasteiger charge is 2.59. The molecule has 1 saturated carbocycles. The lowest BCUT2D eigenvalue weighted by molar-refractivity contribution is -0.139. The molecule has 2 aliphatic rings. The van der Waals surface area contributed by atoms with E-state index in [-0.39, 0.29) is 35.1 Å². The van der Waals surface area contributed by atoms with Gasteiger partial charge in [-0.15, -0.1) is 0 Å². The Morgan fingerprint density at radius 1 is 1.23 bits per heavy atom. The minimum absolute atomic E-state index is 0.0236. The van der Waals surface area contributed by atoms with Crippen molar-refractivity contribution >= 4 is 21.9 Å². The molecule has 3 rings (SSSR count). The Morgan fingerprint density at radius 3 is 2.38 bits per heavy atom. The first-order valence-electron chi connectivity index (χ1n) is 8.49. The molecule has 1 spiro atoms. The normalized spacial score (nSPS) is 21.6. The van der Waals surface area contributed by atoms with Gasteiger partial charge in [0, 0.05) is 26.1 Å². The molecule has 0 aromatic heterocycles. The molecule has 1 unspecified atom stereocenters. The Morgan fingerprint density at radius 2 is 1.85 bits per heavy atom. The number of halogens is 1. The maximum absolute atomic E-state index is 12.9. The minimum atomic E-state index is -3.78. The van der Waals surface area contributed by atoms with Crippen molar-refractivity contribution in [2.75, 3.05) is 19.6 Å². The van der Waals surface area contributed by atoms with E-state index in [1.54, 1.807) is 4.90 Å². The SMILES string of the molecule is O=C(O)C1CC12CCN(C(=O)CCNS(=O)(=O)c1ccc(F)cc1)CC2. The number of hydrogen-bond donors (Lipinski definition) is 2. The lowest BCUT2D eigenvalue weighted by atomic mass is 9.90. The zero-order valence-corrected chi connectivity index (χ0v) is 15.0. The topological polar surface area (TPSA) is 104 Å². The summed E-state index contributed by atoms with van der Waals surface area (Å²) in [5, 5.41) is 9.08. The third kappa shape index (κ3) is 3.88. The fraction of sp³-hybridized carbons (Fsp3) is 0.529. The van der Waals surface area contributed by atoms with Crippen LogP contribution in [0.2, 0.25) is 0 Å². The molecule has 1 aromatic rings. The minimum Gasteiger partial charge on any atom is -0.481 e. The fourth-order valence-corrected chi connectivity index (χ4v) is 4.63. The summed E-state index contributed by atoms with van der Waals surface area (Å²) in [5.74, 6) is -1.74. The highest BCUT2D eigenvalue weighted by atomic mass is 32.2. The summed E-state index contributed by atoms with van der Waals surface area (Å²) in [5.41, 5.74) is -0.146. The number of nitrogens with one attached hydrogen (secondary N) is 1. The van der Waals surface area contributed by atoms with Crippen LogP contribution in [0.25, 0.3) is 0 Å². The van der Waals surface area contributed by atoms with Gasteiger partial charge < -0.3 is 10.0 Å². The number of aliphatic carboxylic acids is 1. The Kier molecular flexibility index (Phi) is 5.03. The van der Waals surface area contributed by atoms with Crippen LogP contribution in [0.4, 0.5) is 4.39 Å². The van der Waals surface area contributed by atoms with Crippen LogP contribution in [0.3, 0.4) is 0 Å². The number of piperidine rings is 1. The number of carboxylic acids is 1. The van der Waals surface area contributed by atoms with Gasteiger partial charge in [0.15, 0.2) is 0 Å². The van der Waals surface area contributed by atoms with Crippen molar-refractivity contribution < 1.29 is 27.5 Å². The molecule has 1 aliphatic carbocycles. The third-order valence-corrected chi connectivity index (χ3v) is 6.83. The van der Waals surface area contributed by atoms with Gasteiger partial charge in [0.25, 0.3) is 0 Å². The summed E-state index contributed by atoms with van der Waals surface area (Å²) in [6, 6.07) is 4.45. The smallest absolute Gasteiger partial charge is 0.307 e. The molecule has 1 atom stereocenters. The van der Waals surface area contributed by atoms with Crippen LogP contribution >= 0.6 is 0 Å². The van der Waals surface area contributed by atoms with Gasteiger partial charge in [-0.05, 0) is 48.9 Å². The number of likely N-dealkylation sites (tertiary alicyclic amines) is 1. The number of sulfonamides is 1. The van der Waals surface area contributed by atoms with Crippen LogP contribution in [0.1, 0.15) is 25.7 Å². The molecular weight excluding hydrogens is 363 g/mol. The lowest BCUT2D eigenvalue weighted by Crippen LogP contribution is -2.41. The van der Waals surface area contributed by atoms with E-state index in [4.69, 9.17) is 5.11 Å². The highest BCUT2D eigenvalue weighted by molar-refractivity contribution is 7.89. The van der Waals surface area contributed by atoms with E-state index in [2.05, 4.69) is 4.72 Å². The molecule has 1 aromatic carbocycles. The zero-order valence-electron chi connectivity index (χ0n) is 14.2. The van der Waals surface area contributed by atoms with Crippen LogP contribution in [-0.2, 0) is 19.6 Å². The van der Waals surface area contributed by atoms with Crippen LogP contribution < -0.4 is 4.72 Å². The Hall–Kier alpha value is -2.00. The van der Waals surface area contributed by atoms with Crippen molar-refractivity contribution in [1.29, 1.82) is 0 Å². The monoisotopic (exact) mass is 384 g/mol. The summed E-state index contributed by atoms with van der Waals surface area (Å²) in [4.78, 5) is 24.9. The summed E-state index contributed by atoms with van der Waals surface area (Å²) < 4.78 is 39.4. The molecule has 1 heterocycles. The second-order valence-corrected chi connectivity index (χ2v) is 8.71. The molecule has 0 bridgehead atoms. The van der Waals surface area contributed by atoms with Gasteiger partial charge >= 0.3 is 5.97 Å². The van der Waals surface area contributed by atoms with Crippen LogP contribution in [0.15, 0.2) is 29.2 Å². The van der Waals surface area contributed by atoms with Crippen LogP contribution in [0.5, 0.6) is 0 Å². The average molecular weight is 384 g/mol. The molecule has 7 nitrogen and oxygen atoms in total. The van der Waals surface area contributed by atoms with Gasteiger partial charge in [0.05, 0.1) is 10.8 Å². The zero-order chi connectivity index (χ0) is 18.9. The fourth-order valence-electron chi connectivity index (χ4n) is 3.60. The van der Waals surface area contributed by atoms with Gasteiger partial charge in [-0.25, -0.2) is 17.5 Å². The van der Waals surface area contributed by atoms with Gasteiger partial charge in [-0.1, -0.05) is 0 Å². The standard InChI is InChI=1S/C17H21FN2O5S/c18-12-1-3-13(4-2-12)26(24,25)19-8-5-15(21)20-9-6-17(7-10-20)11-14(17)16(22)23/h1-4,14,19H,5-11H2,(H,22,23). The van der Waals surface area contributed by atoms with Crippen molar-refractivity contribution in [1.82, 2.24) is 9.62 Å². The van der Waals surface area contributed by atoms with Crippen molar-refractivity contribution in [3.05, 3.63) is 30.1 Å². The van der Waals surface area contributed by atoms with Crippen molar-refractivity contribution in [3.63, 3.8) is 0 Å². The average Bonchev–Trinajstić information content (AvgIpc) is 3.29. The quantitative estimate of drug-likeness (QED) is 0.767. The molecule has 9 heteroatoms. The third-order valence-electron chi connectivity index (χ3n) is 5.35. The maximum atomic E-state index is 12.9. The molecular formula is C17H21FN2O5S. The second kappa shape index (κ2) is 6.96. The van der Waals surface area contributed by atoms with E-state index in [1.807, 2.05) is 0 Å². The number of carbonyl (C=O) groups excluding carboxylic acids is 1. The maximum Gasteiger partial charge on any atom is 0.307 e. The summed E-state index contributed by atoms with van der Waals surface area (Å²) in [6.45, 7) is 0.971. The Labute approximate surface area is 151 Å². The molecule has 26 heavy (non-hydrogen) atoms. The number of nitrogens with zero attached hydrogens (tertiary/aromatic N) is 1. The number of hydrogen-bond acceptors (Lipinski definition) is 4. The largest absolute Gasteiger partial charge is 0.481 e. The molecule has 1 saturated heterocycles. The number of carboxylic acid groups (broad SMARTS) is 1. The van der Waals surface area contributed by atoms with Gasteiger partial charge in [0.2, 0.25) is 15.9 Å². The van der Waals surface area contributed by atoms with E-state index in [0.29, 0.717) is 32.4 Å². The summed E-state index contributed by atoms with van der Waals surface area (Å²) in [6.07, 6.45) is 2.06. The van der Waals surface area contributed by atoms with Crippen LogP contribution in [0, 0.1) is 17.2 Å². The first-order chi connectivity index (χ1) is 12.2. The lowest BCUT2D eigenvalue weighted by Gasteiger charge is -2.32. The van der Waals surface area contributed by atoms with Gasteiger partial charge in [-0.3, -0.25) is 9.59 Å². The van der Waals surface area contributed by atoms with E-state index in [1.165, 1.54) is 0 Å².